The third-order valence-corrected chi connectivity index (χ3v) is 2.71. The van der Waals surface area contributed by atoms with Gasteiger partial charge in [0.1, 0.15) is 0 Å². The summed E-state index contributed by atoms with van der Waals surface area (Å²) in [5, 5.41) is 5.70. The molecule has 4 heteroatoms. The molecule has 0 spiro atoms. The van der Waals surface area contributed by atoms with Crippen LogP contribution in [0.5, 0.6) is 0 Å². The van der Waals surface area contributed by atoms with Crippen LogP contribution < -0.4 is 10.6 Å². The van der Waals surface area contributed by atoms with Crippen LogP contribution in [-0.2, 0) is 0 Å². The molecule has 0 bridgehead atoms. The van der Waals surface area contributed by atoms with Crippen LogP contribution in [0.4, 0.5) is 4.79 Å². The quantitative estimate of drug-likeness (QED) is 0.658. The molecule has 4 nitrogen and oxygen atoms in total. The van der Waals surface area contributed by atoms with Gasteiger partial charge in [-0.1, -0.05) is 13.3 Å². The van der Waals surface area contributed by atoms with Gasteiger partial charge >= 0.3 is 6.03 Å². The van der Waals surface area contributed by atoms with Gasteiger partial charge in [0.25, 0.3) is 0 Å². The van der Waals surface area contributed by atoms with Crippen molar-refractivity contribution in [1.29, 1.82) is 0 Å². The summed E-state index contributed by atoms with van der Waals surface area (Å²) in [7, 11) is 4.02. The molecule has 0 aliphatic rings. The van der Waals surface area contributed by atoms with Gasteiger partial charge in [0.05, 0.1) is 0 Å². The molecule has 90 valence electrons. The first-order valence-electron chi connectivity index (χ1n) is 5.59. The lowest BCUT2D eigenvalue weighted by Gasteiger charge is -2.32. The summed E-state index contributed by atoms with van der Waals surface area (Å²) in [6.07, 6.45) is 2.13. The van der Waals surface area contributed by atoms with E-state index in [0.29, 0.717) is 6.54 Å². The van der Waals surface area contributed by atoms with Gasteiger partial charge in [0.2, 0.25) is 0 Å². The van der Waals surface area contributed by atoms with Crippen LogP contribution in [0.1, 0.15) is 33.6 Å². The summed E-state index contributed by atoms with van der Waals surface area (Å²) < 4.78 is 0. The third-order valence-electron chi connectivity index (χ3n) is 2.71. The maximum atomic E-state index is 11.3. The SMILES string of the molecule is CCCCNC(=O)NCC(C)(C)N(C)C. The van der Waals surface area contributed by atoms with Crippen LogP contribution in [0.15, 0.2) is 0 Å². The van der Waals surface area contributed by atoms with E-state index in [2.05, 4.69) is 36.3 Å². The number of hydrogen-bond donors (Lipinski definition) is 2. The maximum absolute atomic E-state index is 11.3. The Kier molecular flexibility index (Phi) is 6.32. The van der Waals surface area contributed by atoms with Crippen molar-refractivity contribution in [3.8, 4) is 0 Å². The third kappa shape index (κ3) is 6.33. The van der Waals surface area contributed by atoms with Crippen LogP contribution in [0.3, 0.4) is 0 Å². The van der Waals surface area contributed by atoms with Gasteiger partial charge in [-0.05, 0) is 34.4 Å². The van der Waals surface area contributed by atoms with E-state index in [0.717, 1.165) is 19.4 Å². The molecule has 2 amide bonds. The number of likely N-dealkylation sites (N-methyl/N-ethyl adjacent to an activating group) is 1. The van der Waals surface area contributed by atoms with Gasteiger partial charge in [-0.2, -0.15) is 0 Å². The van der Waals surface area contributed by atoms with Gasteiger partial charge in [-0.3, -0.25) is 0 Å². The molecule has 0 radical (unpaired) electrons. The summed E-state index contributed by atoms with van der Waals surface area (Å²) in [6.45, 7) is 7.70. The van der Waals surface area contributed by atoms with Crippen molar-refractivity contribution in [2.24, 2.45) is 0 Å². The highest BCUT2D eigenvalue weighted by molar-refractivity contribution is 5.73. The van der Waals surface area contributed by atoms with E-state index in [1.165, 1.54) is 0 Å². The summed E-state index contributed by atoms with van der Waals surface area (Å²) >= 11 is 0. The number of hydrogen-bond acceptors (Lipinski definition) is 2. The van der Waals surface area contributed by atoms with Gasteiger partial charge in [0, 0.05) is 18.6 Å². The van der Waals surface area contributed by atoms with E-state index in [1.54, 1.807) is 0 Å². The largest absolute Gasteiger partial charge is 0.338 e. The zero-order chi connectivity index (χ0) is 11.9. The van der Waals surface area contributed by atoms with E-state index in [4.69, 9.17) is 0 Å². The van der Waals surface area contributed by atoms with Crippen LogP contribution in [0, 0.1) is 0 Å². The lowest BCUT2D eigenvalue weighted by Crippen LogP contribution is -2.50. The molecule has 0 aromatic heterocycles. The number of rotatable bonds is 6. The molecule has 0 unspecified atom stereocenters. The number of carbonyl (C=O) groups excluding carboxylic acids is 1. The fourth-order valence-electron chi connectivity index (χ4n) is 0.896. The smallest absolute Gasteiger partial charge is 0.314 e. The predicted molar refractivity (Wildman–Crippen MR) is 64.1 cm³/mol. The molecule has 2 N–H and O–H groups in total. The van der Waals surface area contributed by atoms with Crippen LogP contribution in [-0.4, -0.2) is 43.7 Å². The molecule has 0 aliphatic heterocycles. The van der Waals surface area contributed by atoms with E-state index >= 15 is 0 Å². The summed E-state index contributed by atoms with van der Waals surface area (Å²) in [5.41, 5.74) is -0.0118. The second-order valence-corrected chi connectivity index (χ2v) is 4.67. The zero-order valence-electron chi connectivity index (χ0n) is 10.7. The highest BCUT2D eigenvalue weighted by atomic mass is 16.2. The van der Waals surface area contributed by atoms with Gasteiger partial charge < -0.3 is 15.5 Å². The molecule has 0 rings (SSSR count). The molecule has 0 fully saturated rings. The standard InChI is InChI=1S/C11H25N3O/c1-6-7-8-12-10(15)13-9-11(2,3)14(4)5/h6-9H2,1-5H3,(H2,12,13,15). The monoisotopic (exact) mass is 215 g/mol. The normalized spacial score (nSPS) is 11.6. The maximum Gasteiger partial charge on any atom is 0.314 e. The Morgan fingerprint density at radius 3 is 2.33 bits per heavy atom. The van der Waals surface area contributed by atoms with Crippen molar-refractivity contribution < 1.29 is 4.79 Å². The molecule has 0 aliphatic carbocycles. The Morgan fingerprint density at radius 2 is 1.87 bits per heavy atom. The van der Waals surface area contributed by atoms with Gasteiger partial charge in [-0.15, -0.1) is 0 Å². The average Bonchev–Trinajstić information content (AvgIpc) is 2.15. The molecule has 0 heterocycles. The fourth-order valence-corrected chi connectivity index (χ4v) is 0.896. The lowest BCUT2D eigenvalue weighted by molar-refractivity contribution is 0.186. The van der Waals surface area contributed by atoms with E-state index in [-0.39, 0.29) is 11.6 Å². The molecule has 0 aromatic carbocycles. The predicted octanol–water partition coefficient (Wildman–Crippen LogP) is 1.43. The number of carbonyl (C=O) groups is 1. The second kappa shape index (κ2) is 6.67. The topological polar surface area (TPSA) is 44.4 Å². The molecule has 15 heavy (non-hydrogen) atoms. The van der Waals surface area contributed by atoms with Gasteiger partial charge in [0.15, 0.2) is 0 Å². The van der Waals surface area contributed by atoms with Crippen molar-refractivity contribution in [3.63, 3.8) is 0 Å². The fraction of sp³-hybridized carbons (Fsp3) is 0.909. The van der Waals surface area contributed by atoms with Crippen LogP contribution in [0.25, 0.3) is 0 Å². The van der Waals surface area contributed by atoms with Crippen LogP contribution in [0.2, 0.25) is 0 Å². The van der Waals surface area contributed by atoms with E-state index < -0.39 is 0 Å². The molecule has 0 saturated carbocycles. The first-order valence-corrected chi connectivity index (χ1v) is 5.59. The number of urea groups is 1. The van der Waals surface area contributed by atoms with Crippen molar-refractivity contribution in [1.82, 2.24) is 15.5 Å². The molecule has 0 saturated heterocycles. The highest BCUT2D eigenvalue weighted by Gasteiger charge is 2.20. The van der Waals surface area contributed by atoms with Gasteiger partial charge in [-0.25, -0.2) is 4.79 Å². The Morgan fingerprint density at radius 1 is 1.27 bits per heavy atom. The minimum Gasteiger partial charge on any atom is -0.338 e. The van der Waals surface area contributed by atoms with Crippen molar-refractivity contribution in [3.05, 3.63) is 0 Å². The number of amides is 2. The summed E-state index contributed by atoms with van der Waals surface area (Å²) in [4.78, 5) is 13.4. The lowest BCUT2D eigenvalue weighted by atomic mass is 10.1. The Bertz CT molecular complexity index is 190. The second-order valence-electron chi connectivity index (χ2n) is 4.67. The Hall–Kier alpha value is -0.770. The first-order chi connectivity index (χ1) is 6.90. The Balaban J connectivity index is 3.71. The average molecular weight is 215 g/mol. The first kappa shape index (κ1) is 14.2. The van der Waals surface area contributed by atoms with Crippen molar-refractivity contribution in [2.75, 3.05) is 27.2 Å². The van der Waals surface area contributed by atoms with Crippen molar-refractivity contribution >= 4 is 6.03 Å². The summed E-state index contributed by atoms with van der Waals surface area (Å²) in [6, 6.07) is -0.0709. The van der Waals surface area contributed by atoms with Crippen molar-refractivity contribution in [2.45, 2.75) is 39.2 Å². The summed E-state index contributed by atoms with van der Waals surface area (Å²) in [5.74, 6) is 0. The zero-order valence-corrected chi connectivity index (χ0v) is 10.7. The minimum absolute atomic E-state index is 0.0118. The molecule has 0 aromatic rings. The number of nitrogens with zero attached hydrogens (tertiary/aromatic N) is 1. The van der Waals surface area contributed by atoms with Crippen LogP contribution >= 0.6 is 0 Å². The minimum atomic E-state index is -0.0709. The highest BCUT2D eigenvalue weighted by Crippen LogP contribution is 2.07. The molecule has 0 atom stereocenters. The van der Waals surface area contributed by atoms with E-state index in [9.17, 15) is 4.79 Å². The number of unbranched alkanes of at least 4 members (excludes halogenated alkanes) is 1. The van der Waals surface area contributed by atoms with E-state index in [1.807, 2.05) is 14.1 Å². The molecular formula is C11H25N3O. The molecular weight excluding hydrogens is 190 g/mol. The number of nitrogens with one attached hydrogen (secondary N) is 2. The Labute approximate surface area is 93.4 Å².